The van der Waals surface area contributed by atoms with E-state index >= 15 is 0 Å². The maximum Gasteiger partial charge on any atom is 0.325 e. The van der Waals surface area contributed by atoms with Crippen LogP contribution in [-0.2, 0) is 16.0 Å². The number of carbonyl (C=O) groups excluding carboxylic acids is 3. The maximum absolute atomic E-state index is 12.5. The number of hydrogen-bond acceptors (Lipinski definition) is 6. The number of anilines is 1. The van der Waals surface area contributed by atoms with Crippen molar-refractivity contribution in [2.45, 2.75) is 6.42 Å². The van der Waals surface area contributed by atoms with Crippen LogP contribution in [0.4, 0.5) is 10.5 Å². The summed E-state index contributed by atoms with van der Waals surface area (Å²) < 4.78 is 10.5. The van der Waals surface area contributed by atoms with Crippen molar-refractivity contribution in [3.8, 4) is 11.5 Å². The third-order valence-corrected chi connectivity index (χ3v) is 5.64. The summed E-state index contributed by atoms with van der Waals surface area (Å²) in [7, 11) is 0. The highest BCUT2D eigenvalue weighted by atomic mass is 35.5. The lowest BCUT2D eigenvalue weighted by molar-refractivity contribution is -0.132. The summed E-state index contributed by atoms with van der Waals surface area (Å²) in [5.41, 5.74) is 1.29. The number of hydrogen-bond donors (Lipinski definition) is 2. The summed E-state index contributed by atoms with van der Waals surface area (Å²) in [4.78, 5) is 40.6. The molecule has 4 rings (SSSR count). The summed E-state index contributed by atoms with van der Waals surface area (Å²) >= 11 is 6.14. The Morgan fingerprint density at radius 1 is 0.969 bits per heavy atom. The number of fused-ring (bicyclic) bond motifs is 1. The number of carbonyl (C=O) groups is 3. The maximum atomic E-state index is 12.5. The van der Waals surface area contributed by atoms with Crippen LogP contribution < -0.4 is 20.1 Å². The number of nitrogens with one attached hydrogen (secondary N) is 2. The minimum absolute atomic E-state index is 0.00491. The molecule has 2 N–H and O–H groups in total. The third-order valence-electron chi connectivity index (χ3n) is 5.28. The first-order chi connectivity index (χ1) is 15.5. The van der Waals surface area contributed by atoms with Crippen molar-refractivity contribution in [2.24, 2.45) is 0 Å². The zero-order valence-corrected chi connectivity index (χ0v) is 18.1. The Labute approximate surface area is 190 Å². The van der Waals surface area contributed by atoms with Gasteiger partial charge in [-0.2, -0.15) is 0 Å². The number of ether oxygens (including phenoxy) is 2. The number of amides is 4. The molecule has 2 heterocycles. The number of benzene rings is 2. The summed E-state index contributed by atoms with van der Waals surface area (Å²) in [6, 6.07) is 11.7. The summed E-state index contributed by atoms with van der Waals surface area (Å²) in [6.07, 6.45) is 0.250. The summed E-state index contributed by atoms with van der Waals surface area (Å²) in [6.45, 7) is 2.33. The quantitative estimate of drug-likeness (QED) is 0.711. The molecule has 0 aromatic heterocycles. The Hall–Kier alpha value is -3.30. The Morgan fingerprint density at radius 3 is 2.50 bits per heavy atom. The predicted octanol–water partition coefficient (Wildman–Crippen LogP) is 2.10. The van der Waals surface area contributed by atoms with Crippen LogP contribution in [-0.4, -0.2) is 67.2 Å². The minimum atomic E-state index is -0.623. The largest absolute Gasteiger partial charge is 0.454 e. The molecule has 2 aromatic carbocycles. The predicted molar refractivity (Wildman–Crippen MR) is 118 cm³/mol. The molecule has 0 atom stereocenters. The first kappa shape index (κ1) is 21.9. The third kappa shape index (κ3) is 5.49. The zero-order valence-electron chi connectivity index (χ0n) is 17.3. The van der Waals surface area contributed by atoms with Crippen molar-refractivity contribution in [2.75, 3.05) is 44.8 Å². The lowest BCUT2D eigenvalue weighted by atomic mass is 10.1. The normalized spacial score (nSPS) is 15.3. The summed E-state index contributed by atoms with van der Waals surface area (Å²) in [5, 5.41) is 5.50. The molecule has 0 bridgehead atoms. The fraction of sp³-hybridized carbons (Fsp3) is 0.318. The van der Waals surface area contributed by atoms with E-state index in [1.807, 2.05) is 23.1 Å². The smallest absolute Gasteiger partial charge is 0.325 e. The molecule has 0 unspecified atom stereocenters. The van der Waals surface area contributed by atoms with Crippen LogP contribution in [0.5, 0.6) is 11.5 Å². The van der Waals surface area contributed by atoms with Gasteiger partial charge in [0, 0.05) is 43.0 Å². The highest BCUT2D eigenvalue weighted by Crippen LogP contribution is 2.34. The molecule has 2 aromatic rings. The lowest BCUT2D eigenvalue weighted by Gasteiger charge is -2.34. The number of nitrogens with zero attached hydrogens (tertiary/aromatic N) is 2. The molecule has 2 aliphatic heterocycles. The minimum Gasteiger partial charge on any atom is -0.454 e. The Bertz CT molecular complexity index is 1020. The van der Waals surface area contributed by atoms with Gasteiger partial charge in [0.05, 0.1) is 13.0 Å². The molecule has 1 fully saturated rings. The fourth-order valence-corrected chi connectivity index (χ4v) is 3.78. The second-order valence-electron chi connectivity index (χ2n) is 7.50. The van der Waals surface area contributed by atoms with Gasteiger partial charge in [-0.25, -0.2) is 4.79 Å². The molecule has 1 saturated heterocycles. The fourth-order valence-electron chi connectivity index (χ4n) is 3.58. The van der Waals surface area contributed by atoms with Crippen molar-refractivity contribution in [3.05, 3.63) is 53.1 Å². The molecule has 168 valence electrons. The van der Waals surface area contributed by atoms with E-state index in [4.69, 9.17) is 21.1 Å². The van der Waals surface area contributed by atoms with Crippen LogP contribution in [0.15, 0.2) is 42.5 Å². The van der Waals surface area contributed by atoms with E-state index in [-0.39, 0.29) is 25.7 Å². The molecule has 0 radical (unpaired) electrons. The van der Waals surface area contributed by atoms with Gasteiger partial charge in [-0.15, -0.1) is 0 Å². The molecule has 0 saturated carbocycles. The number of halogens is 1. The van der Waals surface area contributed by atoms with Gasteiger partial charge >= 0.3 is 6.03 Å². The van der Waals surface area contributed by atoms with E-state index in [0.29, 0.717) is 48.4 Å². The zero-order chi connectivity index (χ0) is 22.5. The van der Waals surface area contributed by atoms with Crippen LogP contribution in [0, 0.1) is 0 Å². The highest BCUT2D eigenvalue weighted by molar-refractivity contribution is 6.31. The van der Waals surface area contributed by atoms with Crippen molar-refractivity contribution in [1.82, 2.24) is 15.1 Å². The monoisotopic (exact) mass is 458 g/mol. The van der Waals surface area contributed by atoms with Gasteiger partial charge in [-0.3, -0.25) is 19.8 Å². The second kappa shape index (κ2) is 9.88. The second-order valence-corrected chi connectivity index (χ2v) is 7.90. The van der Waals surface area contributed by atoms with Gasteiger partial charge in [-0.1, -0.05) is 29.8 Å². The van der Waals surface area contributed by atoms with Gasteiger partial charge in [0.15, 0.2) is 11.5 Å². The Kier molecular flexibility index (Phi) is 6.77. The molecule has 0 aliphatic carbocycles. The Morgan fingerprint density at radius 2 is 1.72 bits per heavy atom. The SMILES string of the molecule is O=C(CN1CCN(C(=O)Cc2ccccc2Cl)CC1)NC(=O)Nc1ccc2c(c1)OCO2. The van der Waals surface area contributed by atoms with Crippen LogP contribution in [0.2, 0.25) is 5.02 Å². The van der Waals surface area contributed by atoms with Crippen LogP contribution >= 0.6 is 11.6 Å². The molecule has 9 nitrogen and oxygen atoms in total. The van der Waals surface area contributed by atoms with Crippen LogP contribution in [0.3, 0.4) is 0 Å². The van der Waals surface area contributed by atoms with Crippen molar-refractivity contribution < 1.29 is 23.9 Å². The van der Waals surface area contributed by atoms with Gasteiger partial charge in [0.1, 0.15) is 0 Å². The van der Waals surface area contributed by atoms with E-state index in [1.165, 1.54) is 0 Å². The first-order valence-electron chi connectivity index (χ1n) is 10.2. The first-order valence-corrected chi connectivity index (χ1v) is 10.6. The molecule has 0 spiro atoms. The topological polar surface area (TPSA) is 100 Å². The van der Waals surface area contributed by atoms with Gasteiger partial charge in [-0.05, 0) is 23.8 Å². The summed E-state index contributed by atoms with van der Waals surface area (Å²) in [5.74, 6) is 0.733. The molecule has 2 aliphatic rings. The molecule has 10 heteroatoms. The van der Waals surface area contributed by atoms with E-state index in [2.05, 4.69) is 10.6 Å². The number of imide groups is 1. The number of urea groups is 1. The standard InChI is InChI=1S/C22H23ClN4O5/c23-17-4-2-1-3-15(17)11-21(29)27-9-7-26(8-10-27)13-20(28)25-22(30)24-16-5-6-18-19(12-16)32-14-31-18/h1-6,12H,7-11,13-14H2,(H2,24,25,28,30). The van der Waals surface area contributed by atoms with Crippen molar-refractivity contribution >= 4 is 35.1 Å². The van der Waals surface area contributed by atoms with Gasteiger partial charge in [0.25, 0.3) is 0 Å². The van der Waals surface area contributed by atoms with Crippen LogP contribution in [0.25, 0.3) is 0 Å². The highest BCUT2D eigenvalue weighted by Gasteiger charge is 2.23. The van der Waals surface area contributed by atoms with E-state index in [1.54, 1.807) is 29.2 Å². The van der Waals surface area contributed by atoms with E-state index in [0.717, 1.165) is 5.56 Å². The molecule has 4 amide bonds. The van der Waals surface area contributed by atoms with Crippen molar-refractivity contribution in [1.29, 1.82) is 0 Å². The average Bonchev–Trinajstić information content (AvgIpc) is 3.23. The van der Waals surface area contributed by atoms with Crippen molar-refractivity contribution in [3.63, 3.8) is 0 Å². The van der Waals surface area contributed by atoms with E-state index < -0.39 is 11.9 Å². The Balaban J connectivity index is 1.19. The molecule has 32 heavy (non-hydrogen) atoms. The lowest BCUT2D eigenvalue weighted by Crippen LogP contribution is -2.52. The van der Waals surface area contributed by atoms with Gasteiger partial charge < -0.3 is 19.7 Å². The number of piperazine rings is 1. The number of rotatable bonds is 5. The molecular weight excluding hydrogens is 436 g/mol. The van der Waals surface area contributed by atoms with Gasteiger partial charge in [0.2, 0.25) is 18.6 Å². The molecular formula is C22H23ClN4O5. The van der Waals surface area contributed by atoms with E-state index in [9.17, 15) is 14.4 Å². The average molecular weight is 459 g/mol. The van der Waals surface area contributed by atoms with Crippen LogP contribution in [0.1, 0.15) is 5.56 Å².